The molecule has 2 nitrogen and oxygen atoms in total. The Morgan fingerprint density at radius 2 is 1.85 bits per heavy atom. The van der Waals surface area contributed by atoms with Gasteiger partial charge in [0.1, 0.15) is 5.69 Å². The SMILES string of the molecule is [C-]#[N+]c1ccc([NH3+])c2c1CCCC2. The summed E-state index contributed by atoms with van der Waals surface area (Å²) in [6.45, 7) is 7.06. The zero-order valence-corrected chi connectivity index (χ0v) is 7.64. The molecule has 0 saturated carbocycles. The second kappa shape index (κ2) is 3.20. The van der Waals surface area contributed by atoms with Gasteiger partial charge in [-0.15, -0.1) is 0 Å². The topological polar surface area (TPSA) is 32.0 Å². The van der Waals surface area contributed by atoms with Crippen molar-refractivity contribution in [1.82, 2.24) is 0 Å². The van der Waals surface area contributed by atoms with E-state index in [1.165, 1.54) is 24.0 Å². The van der Waals surface area contributed by atoms with Crippen LogP contribution in [0.3, 0.4) is 0 Å². The van der Waals surface area contributed by atoms with Gasteiger partial charge in [-0.1, -0.05) is 12.5 Å². The molecule has 1 aromatic carbocycles. The van der Waals surface area contributed by atoms with Crippen LogP contribution in [0.1, 0.15) is 24.0 Å². The van der Waals surface area contributed by atoms with E-state index < -0.39 is 0 Å². The summed E-state index contributed by atoms with van der Waals surface area (Å²) in [7, 11) is 0. The van der Waals surface area contributed by atoms with Gasteiger partial charge < -0.3 is 5.73 Å². The summed E-state index contributed by atoms with van der Waals surface area (Å²) in [5, 5.41) is 0. The van der Waals surface area contributed by atoms with Crippen LogP contribution in [0.2, 0.25) is 0 Å². The number of hydrogen-bond donors (Lipinski definition) is 1. The zero-order valence-electron chi connectivity index (χ0n) is 7.64. The summed E-state index contributed by atoms with van der Waals surface area (Å²) < 4.78 is 0. The minimum atomic E-state index is 0.835. The molecule has 13 heavy (non-hydrogen) atoms. The van der Waals surface area contributed by atoms with Crippen LogP contribution in [-0.2, 0) is 12.8 Å². The molecule has 1 aromatic rings. The highest BCUT2D eigenvalue weighted by atomic mass is 14.7. The summed E-state index contributed by atoms with van der Waals surface area (Å²) in [5.41, 5.74) is 8.55. The summed E-state index contributed by atoms with van der Waals surface area (Å²) in [6, 6.07) is 3.87. The molecule has 0 spiro atoms. The van der Waals surface area contributed by atoms with Gasteiger partial charge in [0.25, 0.3) is 0 Å². The molecule has 2 heteroatoms. The van der Waals surface area contributed by atoms with E-state index in [2.05, 4.69) is 10.6 Å². The Labute approximate surface area is 78.2 Å². The first kappa shape index (κ1) is 8.28. The lowest BCUT2D eigenvalue weighted by molar-refractivity contribution is -0.255. The fourth-order valence-corrected chi connectivity index (χ4v) is 2.03. The van der Waals surface area contributed by atoms with Crippen LogP contribution in [0, 0.1) is 6.57 Å². The van der Waals surface area contributed by atoms with E-state index in [4.69, 9.17) is 6.57 Å². The van der Waals surface area contributed by atoms with E-state index in [-0.39, 0.29) is 0 Å². The van der Waals surface area contributed by atoms with Gasteiger partial charge in [-0.3, -0.25) is 0 Å². The second-order valence-corrected chi connectivity index (χ2v) is 3.52. The number of quaternary nitrogens is 1. The Morgan fingerprint density at radius 3 is 2.54 bits per heavy atom. The molecule has 2 rings (SSSR count). The van der Waals surface area contributed by atoms with Gasteiger partial charge in [0.05, 0.1) is 6.57 Å². The molecule has 0 radical (unpaired) electrons. The highest BCUT2D eigenvalue weighted by Gasteiger charge is 2.16. The third-order valence-electron chi connectivity index (χ3n) is 2.73. The van der Waals surface area contributed by atoms with Crippen molar-refractivity contribution in [3.05, 3.63) is 34.7 Å². The van der Waals surface area contributed by atoms with E-state index in [9.17, 15) is 0 Å². The predicted octanol–water partition coefficient (Wildman–Crippen LogP) is 1.99. The van der Waals surface area contributed by atoms with Crippen LogP contribution in [-0.4, -0.2) is 0 Å². The van der Waals surface area contributed by atoms with Gasteiger partial charge in [-0.2, -0.15) is 0 Å². The Morgan fingerprint density at radius 1 is 1.15 bits per heavy atom. The van der Waals surface area contributed by atoms with Crippen molar-refractivity contribution in [2.24, 2.45) is 0 Å². The van der Waals surface area contributed by atoms with Gasteiger partial charge in [-0.05, 0) is 30.9 Å². The number of benzene rings is 1. The van der Waals surface area contributed by atoms with Gasteiger partial charge in [0, 0.05) is 5.56 Å². The molecule has 0 fully saturated rings. The Bertz CT molecular complexity index is 374. The van der Waals surface area contributed by atoms with Crippen LogP contribution in [0.15, 0.2) is 12.1 Å². The van der Waals surface area contributed by atoms with Crippen LogP contribution in [0.4, 0.5) is 11.4 Å². The maximum Gasteiger partial charge on any atom is 0.191 e. The van der Waals surface area contributed by atoms with Crippen molar-refractivity contribution in [2.75, 3.05) is 0 Å². The van der Waals surface area contributed by atoms with Gasteiger partial charge in [-0.25, -0.2) is 4.85 Å². The molecule has 1 aliphatic rings. The zero-order chi connectivity index (χ0) is 9.26. The van der Waals surface area contributed by atoms with Crippen molar-refractivity contribution in [3.63, 3.8) is 0 Å². The number of fused-ring (bicyclic) bond motifs is 1. The van der Waals surface area contributed by atoms with Crippen molar-refractivity contribution in [2.45, 2.75) is 25.7 Å². The maximum atomic E-state index is 7.06. The van der Waals surface area contributed by atoms with Crippen molar-refractivity contribution in [1.29, 1.82) is 0 Å². The average molecular weight is 173 g/mol. The van der Waals surface area contributed by atoms with Gasteiger partial charge in [0.2, 0.25) is 0 Å². The van der Waals surface area contributed by atoms with Crippen LogP contribution in [0.25, 0.3) is 4.85 Å². The first-order valence-electron chi connectivity index (χ1n) is 4.67. The Balaban J connectivity index is 2.61. The molecule has 0 aliphatic heterocycles. The van der Waals surface area contributed by atoms with E-state index in [0.717, 1.165) is 24.2 Å². The highest BCUT2D eigenvalue weighted by Crippen LogP contribution is 2.32. The molecule has 66 valence electrons. The highest BCUT2D eigenvalue weighted by molar-refractivity contribution is 5.62. The summed E-state index contributed by atoms with van der Waals surface area (Å²) >= 11 is 0. The fourth-order valence-electron chi connectivity index (χ4n) is 2.03. The number of rotatable bonds is 0. The molecule has 0 aromatic heterocycles. The van der Waals surface area contributed by atoms with E-state index in [1.807, 2.05) is 12.1 Å². The van der Waals surface area contributed by atoms with Gasteiger partial charge in [0.15, 0.2) is 5.69 Å². The van der Waals surface area contributed by atoms with E-state index in [0.29, 0.717) is 0 Å². The normalized spacial score (nSPS) is 14.8. The van der Waals surface area contributed by atoms with Crippen molar-refractivity contribution >= 4 is 11.4 Å². The van der Waals surface area contributed by atoms with Crippen molar-refractivity contribution in [3.8, 4) is 0 Å². The van der Waals surface area contributed by atoms with E-state index >= 15 is 0 Å². The molecular weight excluding hydrogens is 160 g/mol. The monoisotopic (exact) mass is 173 g/mol. The average Bonchev–Trinajstić information content (AvgIpc) is 2.19. The molecular formula is C11H13N2+. The minimum Gasteiger partial charge on any atom is -0.325 e. The van der Waals surface area contributed by atoms with Crippen LogP contribution in [0.5, 0.6) is 0 Å². The number of nitrogens with zero attached hydrogens (tertiary/aromatic N) is 1. The van der Waals surface area contributed by atoms with Gasteiger partial charge >= 0.3 is 0 Å². The summed E-state index contributed by atoms with van der Waals surface area (Å²) in [4.78, 5) is 3.55. The Kier molecular flexibility index (Phi) is 2.03. The smallest absolute Gasteiger partial charge is 0.191 e. The standard InChI is InChI=1S/C11H12N2/c1-13-11-7-6-10(12)8-4-2-3-5-9(8)11/h6-7H,2-5,12H2/p+1. The second-order valence-electron chi connectivity index (χ2n) is 3.52. The largest absolute Gasteiger partial charge is 0.325 e. The molecule has 1 aliphatic carbocycles. The lowest BCUT2D eigenvalue weighted by Crippen LogP contribution is -2.42. The number of hydrogen-bond acceptors (Lipinski definition) is 0. The molecule has 0 atom stereocenters. The first-order chi connectivity index (χ1) is 6.33. The van der Waals surface area contributed by atoms with Crippen molar-refractivity contribution < 1.29 is 5.73 Å². The summed E-state index contributed by atoms with van der Waals surface area (Å²) in [6.07, 6.45) is 4.64. The summed E-state index contributed by atoms with van der Waals surface area (Å²) in [5.74, 6) is 0. The quantitative estimate of drug-likeness (QED) is 0.582. The lowest BCUT2D eigenvalue weighted by atomic mass is 9.89. The molecule has 0 saturated heterocycles. The van der Waals surface area contributed by atoms with E-state index in [1.54, 1.807) is 0 Å². The molecule has 0 heterocycles. The molecule has 0 amide bonds. The fraction of sp³-hybridized carbons (Fsp3) is 0.364. The molecule has 0 unspecified atom stereocenters. The van der Waals surface area contributed by atoms with Crippen LogP contribution >= 0.6 is 0 Å². The predicted molar refractivity (Wildman–Crippen MR) is 51.9 cm³/mol. The third-order valence-corrected chi connectivity index (χ3v) is 2.73. The maximum absolute atomic E-state index is 7.06. The minimum absolute atomic E-state index is 0.835. The first-order valence-corrected chi connectivity index (χ1v) is 4.67. The third kappa shape index (κ3) is 1.32. The lowest BCUT2D eigenvalue weighted by Gasteiger charge is -2.16. The Hall–Kier alpha value is -1.33. The molecule has 3 N–H and O–H groups in total. The molecule has 0 bridgehead atoms. The van der Waals surface area contributed by atoms with Crippen LogP contribution < -0.4 is 5.73 Å².